The van der Waals surface area contributed by atoms with Crippen LogP contribution < -0.4 is 10.1 Å². The third kappa shape index (κ3) is 4.58. The van der Waals surface area contributed by atoms with Crippen LogP contribution in [0.5, 0.6) is 5.75 Å². The Morgan fingerprint density at radius 1 is 1.12 bits per heavy atom. The molecule has 0 saturated heterocycles. The van der Waals surface area contributed by atoms with E-state index < -0.39 is 0 Å². The molecule has 1 aliphatic heterocycles. The highest BCUT2D eigenvalue weighted by molar-refractivity contribution is 6.27. The molecule has 0 saturated carbocycles. The molecular weight excluding hydrogens is 424 g/mol. The number of amides is 2. The number of carbonyl (C=O) groups excluding carboxylic acids is 2. The van der Waals surface area contributed by atoms with Gasteiger partial charge in [0.25, 0.3) is 0 Å². The Labute approximate surface area is 193 Å². The lowest BCUT2D eigenvalue weighted by Crippen LogP contribution is -2.39. The van der Waals surface area contributed by atoms with E-state index in [0.29, 0.717) is 19.6 Å². The number of rotatable bonds is 6. The van der Waals surface area contributed by atoms with E-state index in [4.69, 9.17) is 16.3 Å². The summed E-state index contributed by atoms with van der Waals surface area (Å²) in [6.45, 7) is 3.28. The summed E-state index contributed by atoms with van der Waals surface area (Å²) in [6.07, 6.45) is 0.756. The third-order valence-corrected chi connectivity index (χ3v) is 6.31. The molecule has 1 heterocycles. The standard InChI is InChI=1S/C26H27ClN2O3/c1-17(30)28-10-9-18-7-8-23-20(11-18)12-21(32-2)13-24(23)25-16-29(26(31)14-27)15-19-5-3-4-6-22(19)25/h3-8,11-13,25H,9-10,14-16H2,1-2H3,(H,28,30)/t25-/m1/s1. The van der Waals surface area contributed by atoms with Crippen molar-refractivity contribution in [3.8, 4) is 5.75 Å². The van der Waals surface area contributed by atoms with Gasteiger partial charge in [-0.2, -0.15) is 0 Å². The van der Waals surface area contributed by atoms with Crippen molar-refractivity contribution in [2.75, 3.05) is 26.1 Å². The highest BCUT2D eigenvalue weighted by Crippen LogP contribution is 2.39. The fraction of sp³-hybridized carbons (Fsp3) is 0.308. The van der Waals surface area contributed by atoms with Crippen molar-refractivity contribution < 1.29 is 14.3 Å². The van der Waals surface area contributed by atoms with Crippen LogP contribution in [0.25, 0.3) is 10.8 Å². The average Bonchev–Trinajstić information content (AvgIpc) is 2.81. The predicted octanol–water partition coefficient (Wildman–Crippen LogP) is 4.24. The summed E-state index contributed by atoms with van der Waals surface area (Å²) in [7, 11) is 1.67. The number of alkyl halides is 1. The minimum atomic E-state index is -0.0568. The Hall–Kier alpha value is -3.05. The molecule has 3 aromatic carbocycles. The van der Waals surface area contributed by atoms with Crippen molar-refractivity contribution in [1.82, 2.24) is 10.2 Å². The first kappa shape index (κ1) is 22.2. The number of ether oxygens (including phenoxy) is 1. The van der Waals surface area contributed by atoms with Gasteiger partial charge in [0, 0.05) is 32.5 Å². The molecule has 5 nitrogen and oxygen atoms in total. The third-order valence-electron chi connectivity index (χ3n) is 6.08. The number of nitrogens with one attached hydrogen (secondary N) is 1. The van der Waals surface area contributed by atoms with Crippen LogP contribution in [0.1, 0.15) is 35.1 Å². The zero-order valence-electron chi connectivity index (χ0n) is 18.4. The van der Waals surface area contributed by atoms with E-state index in [1.807, 2.05) is 23.1 Å². The van der Waals surface area contributed by atoms with E-state index in [9.17, 15) is 9.59 Å². The van der Waals surface area contributed by atoms with Gasteiger partial charge in [-0.1, -0.05) is 42.5 Å². The molecule has 0 unspecified atom stereocenters. The van der Waals surface area contributed by atoms with Gasteiger partial charge in [0.05, 0.1) is 7.11 Å². The molecule has 2 amide bonds. The van der Waals surface area contributed by atoms with Crippen LogP contribution in [0.2, 0.25) is 0 Å². The predicted molar refractivity (Wildman–Crippen MR) is 127 cm³/mol. The van der Waals surface area contributed by atoms with Gasteiger partial charge in [0.1, 0.15) is 11.6 Å². The smallest absolute Gasteiger partial charge is 0.237 e. The van der Waals surface area contributed by atoms with Gasteiger partial charge in [0.15, 0.2) is 0 Å². The summed E-state index contributed by atoms with van der Waals surface area (Å²) in [5.41, 5.74) is 4.65. The van der Waals surface area contributed by atoms with Crippen molar-refractivity contribution in [3.63, 3.8) is 0 Å². The van der Waals surface area contributed by atoms with Gasteiger partial charge >= 0.3 is 0 Å². The molecule has 3 aromatic rings. The SMILES string of the molecule is COc1cc([C@@H]2CN(C(=O)CCl)Cc3ccccc32)c2ccc(CCNC(C)=O)cc2c1. The first-order valence-electron chi connectivity index (χ1n) is 10.8. The van der Waals surface area contributed by atoms with Gasteiger partial charge in [-0.3, -0.25) is 9.59 Å². The number of benzene rings is 3. The second kappa shape index (κ2) is 9.61. The van der Waals surface area contributed by atoms with Crippen LogP contribution in [0.4, 0.5) is 0 Å². The molecule has 0 aliphatic carbocycles. The molecule has 0 spiro atoms. The number of halogens is 1. The Morgan fingerprint density at radius 2 is 1.94 bits per heavy atom. The molecule has 0 fully saturated rings. The van der Waals surface area contributed by atoms with Crippen LogP contribution in [-0.4, -0.2) is 42.8 Å². The number of fused-ring (bicyclic) bond motifs is 2. The summed E-state index contributed by atoms with van der Waals surface area (Å²) in [6, 6.07) is 18.8. The highest BCUT2D eigenvalue weighted by Gasteiger charge is 2.30. The lowest BCUT2D eigenvalue weighted by atomic mass is 9.82. The topological polar surface area (TPSA) is 58.6 Å². The van der Waals surface area contributed by atoms with Crippen molar-refractivity contribution in [2.45, 2.75) is 25.8 Å². The van der Waals surface area contributed by atoms with Crippen molar-refractivity contribution >= 4 is 34.2 Å². The van der Waals surface area contributed by atoms with E-state index in [2.05, 4.69) is 41.7 Å². The van der Waals surface area contributed by atoms with Gasteiger partial charge in [-0.15, -0.1) is 11.6 Å². The Bertz CT molecular complexity index is 1160. The number of hydrogen-bond donors (Lipinski definition) is 1. The normalized spacial score (nSPS) is 15.3. The second-order valence-electron chi connectivity index (χ2n) is 8.16. The first-order chi connectivity index (χ1) is 15.5. The Balaban J connectivity index is 1.78. The van der Waals surface area contributed by atoms with Crippen molar-refractivity contribution in [3.05, 3.63) is 76.9 Å². The zero-order valence-corrected chi connectivity index (χ0v) is 19.1. The Kier molecular flexibility index (Phi) is 6.66. The molecule has 0 bridgehead atoms. The summed E-state index contributed by atoms with van der Waals surface area (Å²) in [5, 5.41) is 5.06. The molecule has 1 N–H and O–H groups in total. The monoisotopic (exact) mass is 450 g/mol. The van der Waals surface area contributed by atoms with Gasteiger partial charge in [-0.25, -0.2) is 0 Å². The summed E-state index contributed by atoms with van der Waals surface area (Å²) < 4.78 is 5.63. The molecule has 1 atom stereocenters. The van der Waals surface area contributed by atoms with Crippen LogP contribution >= 0.6 is 11.6 Å². The maximum Gasteiger partial charge on any atom is 0.237 e. The Morgan fingerprint density at radius 3 is 2.69 bits per heavy atom. The van der Waals surface area contributed by atoms with Crippen LogP contribution in [0.3, 0.4) is 0 Å². The number of methoxy groups -OCH3 is 1. The number of nitrogens with zero attached hydrogens (tertiary/aromatic N) is 1. The van der Waals surface area contributed by atoms with E-state index in [0.717, 1.165) is 39.6 Å². The molecular formula is C26H27ClN2O3. The molecule has 166 valence electrons. The van der Waals surface area contributed by atoms with E-state index >= 15 is 0 Å². The fourth-order valence-electron chi connectivity index (χ4n) is 4.51. The van der Waals surface area contributed by atoms with E-state index in [-0.39, 0.29) is 23.6 Å². The van der Waals surface area contributed by atoms with Gasteiger partial charge in [0.2, 0.25) is 11.8 Å². The lowest BCUT2D eigenvalue weighted by Gasteiger charge is -2.35. The summed E-state index contributed by atoms with van der Waals surface area (Å²) in [4.78, 5) is 25.5. The lowest BCUT2D eigenvalue weighted by molar-refractivity contribution is -0.129. The minimum Gasteiger partial charge on any atom is -0.497 e. The van der Waals surface area contributed by atoms with Gasteiger partial charge < -0.3 is 15.0 Å². The molecule has 4 rings (SSSR count). The van der Waals surface area contributed by atoms with E-state index in [1.54, 1.807) is 7.11 Å². The van der Waals surface area contributed by atoms with E-state index in [1.165, 1.54) is 12.5 Å². The van der Waals surface area contributed by atoms with Crippen molar-refractivity contribution in [1.29, 1.82) is 0 Å². The van der Waals surface area contributed by atoms with Crippen LogP contribution in [0.15, 0.2) is 54.6 Å². The molecule has 1 aliphatic rings. The number of carbonyl (C=O) groups is 2. The van der Waals surface area contributed by atoms with Gasteiger partial charge in [-0.05, 0) is 51.6 Å². The maximum absolute atomic E-state index is 12.5. The molecule has 32 heavy (non-hydrogen) atoms. The number of hydrogen-bond acceptors (Lipinski definition) is 3. The molecule has 0 aromatic heterocycles. The van der Waals surface area contributed by atoms with Crippen molar-refractivity contribution in [2.24, 2.45) is 0 Å². The van der Waals surface area contributed by atoms with Crippen LogP contribution in [0, 0.1) is 0 Å². The maximum atomic E-state index is 12.5. The average molecular weight is 451 g/mol. The van der Waals surface area contributed by atoms with Crippen LogP contribution in [-0.2, 0) is 22.6 Å². The largest absolute Gasteiger partial charge is 0.497 e. The first-order valence-corrected chi connectivity index (χ1v) is 11.3. The summed E-state index contributed by atoms with van der Waals surface area (Å²) in [5.74, 6) is 0.700. The highest BCUT2D eigenvalue weighted by atomic mass is 35.5. The minimum absolute atomic E-state index is 0.0224. The summed E-state index contributed by atoms with van der Waals surface area (Å²) >= 11 is 5.89. The fourth-order valence-corrected chi connectivity index (χ4v) is 4.68. The molecule has 0 radical (unpaired) electrons. The second-order valence-corrected chi connectivity index (χ2v) is 8.43. The zero-order chi connectivity index (χ0) is 22.7. The quantitative estimate of drug-likeness (QED) is 0.571. The molecule has 6 heteroatoms.